The average molecular weight is 239 g/mol. The summed E-state index contributed by atoms with van der Waals surface area (Å²) in [6, 6.07) is 3.14. The minimum Gasteiger partial charge on any atom is -0.313 e. The molecule has 0 saturated carbocycles. The Morgan fingerprint density at radius 3 is 2.35 bits per heavy atom. The van der Waals surface area contributed by atoms with Gasteiger partial charge in [-0.05, 0) is 53.6 Å². The third-order valence-electron chi connectivity index (χ3n) is 4.88. The second-order valence-electron chi connectivity index (χ2n) is 6.25. The van der Waals surface area contributed by atoms with Crippen molar-refractivity contribution in [2.45, 2.75) is 63.7 Å². The summed E-state index contributed by atoms with van der Waals surface area (Å²) in [4.78, 5) is 5.02. The molecular weight excluding hydrogens is 210 g/mol. The van der Waals surface area contributed by atoms with Gasteiger partial charge in [-0.1, -0.05) is 0 Å². The number of hydrogen-bond acceptors (Lipinski definition) is 3. The van der Waals surface area contributed by atoms with Crippen molar-refractivity contribution in [3.8, 4) is 0 Å². The highest BCUT2D eigenvalue weighted by Gasteiger charge is 2.37. The lowest BCUT2D eigenvalue weighted by Gasteiger charge is -2.37. The van der Waals surface area contributed by atoms with Crippen LogP contribution in [0.15, 0.2) is 0 Å². The van der Waals surface area contributed by atoms with Crippen molar-refractivity contribution in [2.24, 2.45) is 0 Å². The van der Waals surface area contributed by atoms with Gasteiger partial charge in [-0.15, -0.1) is 0 Å². The summed E-state index contributed by atoms with van der Waals surface area (Å²) in [6.45, 7) is 6.83. The molecule has 2 rings (SSSR count). The summed E-state index contributed by atoms with van der Waals surface area (Å²) < 4.78 is 0. The van der Waals surface area contributed by atoms with Crippen molar-refractivity contribution in [2.75, 3.05) is 27.2 Å². The van der Waals surface area contributed by atoms with Crippen LogP contribution in [-0.4, -0.2) is 61.2 Å². The molecular formula is C14H29N3. The van der Waals surface area contributed by atoms with E-state index in [2.05, 4.69) is 43.1 Å². The Balaban J connectivity index is 1.68. The van der Waals surface area contributed by atoms with E-state index < -0.39 is 0 Å². The smallest absolute Gasteiger partial charge is 0.0111 e. The second kappa shape index (κ2) is 5.68. The normalized spacial score (nSPS) is 33.9. The van der Waals surface area contributed by atoms with Crippen LogP contribution in [0.1, 0.15) is 39.5 Å². The topological polar surface area (TPSA) is 18.5 Å². The van der Waals surface area contributed by atoms with Gasteiger partial charge < -0.3 is 15.1 Å². The molecule has 0 aromatic rings. The van der Waals surface area contributed by atoms with Gasteiger partial charge in [-0.25, -0.2) is 0 Å². The van der Waals surface area contributed by atoms with Gasteiger partial charge in [0.05, 0.1) is 0 Å². The molecule has 2 heterocycles. The molecule has 0 aromatic heterocycles. The number of piperidine rings is 1. The monoisotopic (exact) mass is 239 g/mol. The highest BCUT2D eigenvalue weighted by Crippen LogP contribution is 2.33. The standard InChI is InChI=1S/C14H29N3/c1-11(2)16(3)8-7-15-12-9-13-5-6-14(10-12)17(13)4/h11-15H,5-10H2,1-4H3. The molecule has 2 aliphatic heterocycles. The number of rotatable bonds is 5. The van der Waals surface area contributed by atoms with Crippen LogP contribution in [0.4, 0.5) is 0 Å². The van der Waals surface area contributed by atoms with E-state index in [-0.39, 0.29) is 0 Å². The van der Waals surface area contributed by atoms with Gasteiger partial charge in [0.25, 0.3) is 0 Å². The number of nitrogens with one attached hydrogen (secondary N) is 1. The Labute approximate surface area is 107 Å². The molecule has 0 amide bonds. The largest absolute Gasteiger partial charge is 0.313 e. The molecule has 2 aliphatic rings. The van der Waals surface area contributed by atoms with Crippen molar-refractivity contribution >= 4 is 0 Å². The highest BCUT2D eigenvalue weighted by molar-refractivity contribution is 4.95. The molecule has 0 aliphatic carbocycles. The SMILES string of the molecule is CC(C)N(C)CCNC1CC2CCC(C1)N2C. The summed E-state index contributed by atoms with van der Waals surface area (Å²) in [6.07, 6.45) is 5.56. The zero-order valence-electron chi connectivity index (χ0n) is 11.9. The maximum absolute atomic E-state index is 3.76. The molecule has 0 spiro atoms. The van der Waals surface area contributed by atoms with E-state index in [0.717, 1.165) is 24.7 Å². The van der Waals surface area contributed by atoms with Gasteiger partial charge >= 0.3 is 0 Å². The van der Waals surface area contributed by atoms with Crippen LogP contribution in [0, 0.1) is 0 Å². The number of nitrogens with zero attached hydrogens (tertiary/aromatic N) is 2. The second-order valence-corrected chi connectivity index (χ2v) is 6.25. The molecule has 3 nitrogen and oxygen atoms in total. The van der Waals surface area contributed by atoms with Gasteiger partial charge in [-0.3, -0.25) is 0 Å². The first-order chi connectivity index (χ1) is 8.08. The number of fused-ring (bicyclic) bond motifs is 2. The van der Waals surface area contributed by atoms with Crippen LogP contribution >= 0.6 is 0 Å². The lowest BCUT2D eigenvalue weighted by atomic mass is 9.98. The molecule has 2 saturated heterocycles. The summed E-state index contributed by atoms with van der Waals surface area (Å²) in [7, 11) is 4.52. The lowest BCUT2D eigenvalue weighted by Crippen LogP contribution is -2.48. The lowest BCUT2D eigenvalue weighted by molar-refractivity contribution is 0.146. The molecule has 17 heavy (non-hydrogen) atoms. The highest BCUT2D eigenvalue weighted by atomic mass is 15.2. The summed E-state index contributed by atoms with van der Waals surface area (Å²) >= 11 is 0. The van der Waals surface area contributed by atoms with Crippen LogP contribution in [0.25, 0.3) is 0 Å². The fraction of sp³-hybridized carbons (Fsp3) is 1.00. The van der Waals surface area contributed by atoms with E-state index in [1.54, 1.807) is 0 Å². The quantitative estimate of drug-likeness (QED) is 0.785. The molecule has 2 bridgehead atoms. The van der Waals surface area contributed by atoms with Crippen LogP contribution < -0.4 is 5.32 Å². The Kier molecular flexibility index (Phi) is 4.45. The third kappa shape index (κ3) is 3.21. The summed E-state index contributed by atoms with van der Waals surface area (Å²) in [5.74, 6) is 0. The van der Waals surface area contributed by atoms with E-state index in [4.69, 9.17) is 0 Å². The summed E-state index contributed by atoms with van der Waals surface area (Å²) in [5, 5.41) is 3.76. The van der Waals surface area contributed by atoms with Crippen molar-refractivity contribution in [1.29, 1.82) is 0 Å². The number of hydrogen-bond donors (Lipinski definition) is 1. The molecule has 0 radical (unpaired) electrons. The number of likely N-dealkylation sites (N-methyl/N-ethyl adjacent to an activating group) is 1. The van der Waals surface area contributed by atoms with Crippen molar-refractivity contribution in [1.82, 2.24) is 15.1 Å². The van der Waals surface area contributed by atoms with E-state index in [1.165, 1.54) is 32.2 Å². The minimum atomic E-state index is 0.658. The van der Waals surface area contributed by atoms with Crippen LogP contribution in [-0.2, 0) is 0 Å². The Morgan fingerprint density at radius 2 is 1.82 bits per heavy atom. The van der Waals surface area contributed by atoms with Gasteiger partial charge in [-0.2, -0.15) is 0 Å². The predicted octanol–water partition coefficient (Wildman–Crippen LogP) is 1.54. The molecule has 0 aromatic carbocycles. The average Bonchev–Trinajstić information content (AvgIpc) is 2.53. The van der Waals surface area contributed by atoms with Gasteiger partial charge in [0.15, 0.2) is 0 Å². The molecule has 2 unspecified atom stereocenters. The van der Waals surface area contributed by atoms with Crippen molar-refractivity contribution in [3.63, 3.8) is 0 Å². The predicted molar refractivity (Wildman–Crippen MR) is 73.4 cm³/mol. The van der Waals surface area contributed by atoms with Gasteiger partial charge in [0, 0.05) is 37.3 Å². The zero-order chi connectivity index (χ0) is 12.4. The van der Waals surface area contributed by atoms with Crippen molar-refractivity contribution < 1.29 is 0 Å². The zero-order valence-corrected chi connectivity index (χ0v) is 11.9. The van der Waals surface area contributed by atoms with Crippen molar-refractivity contribution in [3.05, 3.63) is 0 Å². The molecule has 2 atom stereocenters. The van der Waals surface area contributed by atoms with Crippen LogP contribution in [0.5, 0.6) is 0 Å². The Bertz CT molecular complexity index is 228. The molecule has 2 fully saturated rings. The first kappa shape index (κ1) is 13.3. The van der Waals surface area contributed by atoms with E-state index in [9.17, 15) is 0 Å². The maximum Gasteiger partial charge on any atom is 0.0111 e. The van der Waals surface area contributed by atoms with Crippen LogP contribution in [0.3, 0.4) is 0 Å². The fourth-order valence-electron chi connectivity index (χ4n) is 3.28. The van der Waals surface area contributed by atoms with Gasteiger partial charge in [0.2, 0.25) is 0 Å². The molecule has 1 N–H and O–H groups in total. The fourth-order valence-corrected chi connectivity index (χ4v) is 3.28. The van der Waals surface area contributed by atoms with E-state index in [0.29, 0.717) is 6.04 Å². The van der Waals surface area contributed by atoms with E-state index in [1.807, 2.05) is 0 Å². The Hall–Kier alpha value is -0.120. The molecule has 3 heteroatoms. The summed E-state index contributed by atoms with van der Waals surface area (Å²) in [5.41, 5.74) is 0. The molecule has 100 valence electrons. The first-order valence-electron chi connectivity index (χ1n) is 7.23. The first-order valence-corrected chi connectivity index (χ1v) is 7.23. The minimum absolute atomic E-state index is 0.658. The third-order valence-corrected chi connectivity index (χ3v) is 4.88. The van der Waals surface area contributed by atoms with E-state index >= 15 is 0 Å². The Morgan fingerprint density at radius 1 is 1.24 bits per heavy atom. The van der Waals surface area contributed by atoms with Crippen LogP contribution in [0.2, 0.25) is 0 Å². The van der Waals surface area contributed by atoms with Gasteiger partial charge in [0.1, 0.15) is 0 Å². The maximum atomic E-state index is 3.76.